The monoisotopic (exact) mass is 248 g/mol. The molecule has 0 saturated carbocycles. The standard InChI is InChI=1S/C11H24N2O2S/c1-3-10(2)8-13-16(14,15)9-11-4-6-12-7-5-11/h10-13H,3-9H2,1-2H3. The van der Waals surface area contributed by atoms with Crippen molar-refractivity contribution in [3.8, 4) is 0 Å². The molecule has 1 saturated heterocycles. The Labute approximate surface area is 99.2 Å². The van der Waals surface area contributed by atoms with E-state index >= 15 is 0 Å². The normalized spacial score (nSPS) is 20.9. The summed E-state index contributed by atoms with van der Waals surface area (Å²) in [5, 5.41) is 3.24. The minimum absolute atomic E-state index is 0.297. The van der Waals surface area contributed by atoms with Crippen LogP contribution >= 0.6 is 0 Å². The van der Waals surface area contributed by atoms with E-state index < -0.39 is 10.0 Å². The summed E-state index contributed by atoms with van der Waals surface area (Å²) in [5.74, 6) is 1.05. The molecular formula is C11H24N2O2S. The van der Waals surface area contributed by atoms with Gasteiger partial charge in [0.15, 0.2) is 0 Å². The van der Waals surface area contributed by atoms with Crippen LogP contribution in [0.4, 0.5) is 0 Å². The van der Waals surface area contributed by atoms with E-state index in [2.05, 4.69) is 23.9 Å². The van der Waals surface area contributed by atoms with E-state index in [1.807, 2.05) is 0 Å². The average Bonchev–Trinajstić information content (AvgIpc) is 2.27. The third kappa shape index (κ3) is 5.27. The summed E-state index contributed by atoms with van der Waals surface area (Å²) in [6.45, 7) is 6.61. The fraction of sp³-hybridized carbons (Fsp3) is 1.00. The maximum atomic E-state index is 11.8. The molecule has 0 radical (unpaired) electrons. The van der Waals surface area contributed by atoms with Crippen molar-refractivity contribution in [3.05, 3.63) is 0 Å². The molecule has 1 rings (SSSR count). The lowest BCUT2D eigenvalue weighted by Crippen LogP contribution is -2.37. The summed E-state index contributed by atoms with van der Waals surface area (Å²) < 4.78 is 26.3. The fourth-order valence-corrected chi connectivity index (χ4v) is 3.44. The van der Waals surface area contributed by atoms with Crippen molar-refractivity contribution in [1.29, 1.82) is 0 Å². The number of rotatable bonds is 6. The van der Waals surface area contributed by atoms with Crippen LogP contribution in [0, 0.1) is 11.8 Å². The van der Waals surface area contributed by atoms with Gasteiger partial charge in [-0.3, -0.25) is 0 Å². The molecule has 0 spiro atoms. The first-order valence-electron chi connectivity index (χ1n) is 6.21. The maximum Gasteiger partial charge on any atom is 0.211 e. The summed E-state index contributed by atoms with van der Waals surface area (Å²) in [6, 6.07) is 0. The van der Waals surface area contributed by atoms with Crippen molar-refractivity contribution >= 4 is 10.0 Å². The van der Waals surface area contributed by atoms with Gasteiger partial charge in [-0.2, -0.15) is 0 Å². The van der Waals surface area contributed by atoms with Crippen LogP contribution in [0.15, 0.2) is 0 Å². The van der Waals surface area contributed by atoms with E-state index in [1.54, 1.807) is 0 Å². The second-order valence-electron chi connectivity index (χ2n) is 4.84. The largest absolute Gasteiger partial charge is 0.317 e. The molecule has 0 aromatic carbocycles. The Morgan fingerprint density at radius 3 is 2.56 bits per heavy atom. The van der Waals surface area contributed by atoms with Gasteiger partial charge in [0.25, 0.3) is 0 Å². The number of nitrogens with one attached hydrogen (secondary N) is 2. The maximum absolute atomic E-state index is 11.8. The van der Waals surface area contributed by atoms with Gasteiger partial charge >= 0.3 is 0 Å². The first kappa shape index (κ1) is 13.9. The summed E-state index contributed by atoms with van der Waals surface area (Å²) in [6.07, 6.45) is 2.96. The van der Waals surface area contributed by atoms with Gasteiger partial charge in [-0.25, -0.2) is 13.1 Å². The molecule has 96 valence electrons. The summed E-state index contributed by atoms with van der Waals surface area (Å²) in [7, 11) is -3.06. The third-order valence-electron chi connectivity index (χ3n) is 3.26. The van der Waals surface area contributed by atoms with Gasteiger partial charge in [-0.05, 0) is 37.8 Å². The molecule has 1 aliphatic rings. The Morgan fingerprint density at radius 1 is 1.38 bits per heavy atom. The van der Waals surface area contributed by atoms with Crippen LogP contribution in [-0.4, -0.2) is 33.8 Å². The Kier molecular flexibility index (Phi) is 5.72. The van der Waals surface area contributed by atoms with E-state index in [9.17, 15) is 8.42 Å². The lowest BCUT2D eigenvalue weighted by atomic mass is 10.0. The lowest BCUT2D eigenvalue weighted by Gasteiger charge is -2.22. The molecule has 1 unspecified atom stereocenters. The van der Waals surface area contributed by atoms with Crippen LogP contribution in [0.25, 0.3) is 0 Å². The highest BCUT2D eigenvalue weighted by atomic mass is 32.2. The van der Waals surface area contributed by atoms with E-state index in [0.717, 1.165) is 32.4 Å². The third-order valence-corrected chi connectivity index (χ3v) is 4.78. The van der Waals surface area contributed by atoms with Crippen LogP contribution < -0.4 is 10.0 Å². The molecule has 0 aromatic heterocycles. The van der Waals surface area contributed by atoms with Gasteiger partial charge in [0.05, 0.1) is 5.75 Å². The predicted molar refractivity (Wildman–Crippen MR) is 66.8 cm³/mol. The van der Waals surface area contributed by atoms with Crippen molar-refractivity contribution in [2.75, 3.05) is 25.4 Å². The molecule has 1 heterocycles. The topological polar surface area (TPSA) is 58.2 Å². The zero-order valence-corrected chi connectivity index (χ0v) is 11.1. The van der Waals surface area contributed by atoms with Gasteiger partial charge in [-0.1, -0.05) is 20.3 Å². The molecule has 0 amide bonds. The van der Waals surface area contributed by atoms with Crippen molar-refractivity contribution in [3.63, 3.8) is 0 Å². The molecule has 0 bridgehead atoms. The number of sulfonamides is 1. The van der Waals surface area contributed by atoms with Crippen molar-refractivity contribution in [2.45, 2.75) is 33.1 Å². The highest BCUT2D eigenvalue weighted by Crippen LogP contribution is 2.13. The molecule has 4 nitrogen and oxygen atoms in total. The summed E-state index contributed by atoms with van der Waals surface area (Å²) in [5.41, 5.74) is 0. The SMILES string of the molecule is CCC(C)CNS(=O)(=O)CC1CCNCC1. The van der Waals surface area contributed by atoms with E-state index in [1.165, 1.54) is 0 Å². The first-order chi connectivity index (χ1) is 7.53. The molecule has 1 atom stereocenters. The van der Waals surface area contributed by atoms with Crippen molar-refractivity contribution in [2.24, 2.45) is 11.8 Å². The van der Waals surface area contributed by atoms with Crippen molar-refractivity contribution in [1.82, 2.24) is 10.0 Å². The molecule has 1 fully saturated rings. The molecule has 2 N–H and O–H groups in total. The molecule has 0 aromatic rings. The average molecular weight is 248 g/mol. The number of piperidine rings is 1. The second-order valence-corrected chi connectivity index (χ2v) is 6.69. The predicted octanol–water partition coefficient (Wildman–Crippen LogP) is 0.952. The van der Waals surface area contributed by atoms with Crippen LogP contribution in [0.1, 0.15) is 33.1 Å². The minimum Gasteiger partial charge on any atom is -0.317 e. The lowest BCUT2D eigenvalue weighted by molar-refractivity contribution is 0.399. The zero-order valence-electron chi connectivity index (χ0n) is 10.3. The van der Waals surface area contributed by atoms with Gasteiger partial charge in [0.1, 0.15) is 0 Å². The van der Waals surface area contributed by atoms with Crippen LogP contribution in [0.2, 0.25) is 0 Å². The Morgan fingerprint density at radius 2 is 2.00 bits per heavy atom. The fourth-order valence-electron chi connectivity index (χ4n) is 1.83. The van der Waals surface area contributed by atoms with Gasteiger partial charge in [-0.15, -0.1) is 0 Å². The van der Waals surface area contributed by atoms with Gasteiger partial charge < -0.3 is 5.32 Å². The minimum atomic E-state index is -3.06. The van der Waals surface area contributed by atoms with Gasteiger partial charge in [0.2, 0.25) is 10.0 Å². The highest BCUT2D eigenvalue weighted by molar-refractivity contribution is 7.89. The number of hydrogen-bond donors (Lipinski definition) is 2. The molecule has 16 heavy (non-hydrogen) atoms. The molecule has 0 aliphatic carbocycles. The summed E-state index contributed by atoms with van der Waals surface area (Å²) in [4.78, 5) is 0. The smallest absolute Gasteiger partial charge is 0.211 e. The Bertz CT molecular complexity index is 284. The Hall–Kier alpha value is -0.130. The molecule has 5 heteroatoms. The van der Waals surface area contributed by atoms with Crippen LogP contribution in [0.5, 0.6) is 0 Å². The van der Waals surface area contributed by atoms with E-state index in [4.69, 9.17) is 0 Å². The second kappa shape index (κ2) is 6.57. The van der Waals surface area contributed by atoms with Crippen LogP contribution in [-0.2, 0) is 10.0 Å². The zero-order chi connectivity index (χ0) is 12.0. The van der Waals surface area contributed by atoms with Crippen molar-refractivity contribution < 1.29 is 8.42 Å². The quantitative estimate of drug-likeness (QED) is 0.736. The summed E-state index contributed by atoms with van der Waals surface area (Å²) >= 11 is 0. The van der Waals surface area contributed by atoms with E-state index in [-0.39, 0.29) is 0 Å². The molecular weight excluding hydrogens is 224 g/mol. The Balaban J connectivity index is 2.32. The molecule has 1 aliphatic heterocycles. The number of hydrogen-bond acceptors (Lipinski definition) is 3. The first-order valence-corrected chi connectivity index (χ1v) is 7.86. The highest BCUT2D eigenvalue weighted by Gasteiger charge is 2.21. The van der Waals surface area contributed by atoms with Gasteiger partial charge in [0, 0.05) is 6.54 Å². The van der Waals surface area contributed by atoms with E-state index in [0.29, 0.717) is 24.1 Å². The van der Waals surface area contributed by atoms with Crippen LogP contribution in [0.3, 0.4) is 0 Å².